The van der Waals surface area contributed by atoms with E-state index in [1.165, 1.54) is 0 Å². The Labute approximate surface area is 83.3 Å². The molecule has 0 bridgehead atoms. The van der Waals surface area contributed by atoms with Crippen molar-refractivity contribution >= 4 is 18.6 Å². The van der Waals surface area contributed by atoms with Gasteiger partial charge in [-0.05, 0) is 24.3 Å². The van der Waals surface area contributed by atoms with E-state index in [0.717, 1.165) is 6.42 Å². The summed E-state index contributed by atoms with van der Waals surface area (Å²) in [6.45, 7) is 0. The summed E-state index contributed by atoms with van der Waals surface area (Å²) in [5.74, 6) is 1.12. The standard InChI is InChI=1S/C10H12O2S/c11-10(7-4-8-13)12-9-5-2-1-3-6-9/h1-3,5-6,13H,4,7-8H2. The number of carbonyl (C=O) groups is 1. The summed E-state index contributed by atoms with van der Waals surface area (Å²) in [4.78, 5) is 11.1. The maximum Gasteiger partial charge on any atom is 0.311 e. The zero-order valence-electron chi connectivity index (χ0n) is 7.27. The number of carbonyl (C=O) groups excluding carboxylic acids is 1. The van der Waals surface area contributed by atoms with E-state index in [1.54, 1.807) is 12.1 Å². The van der Waals surface area contributed by atoms with Crippen molar-refractivity contribution < 1.29 is 9.53 Å². The highest BCUT2D eigenvalue weighted by Gasteiger charge is 2.02. The van der Waals surface area contributed by atoms with Gasteiger partial charge in [0.2, 0.25) is 0 Å². The van der Waals surface area contributed by atoms with Crippen molar-refractivity contribution in [1.82, 2.24) is 0 Å². The minimum atomic E-state index is -0.194. The molecule has 0 aliphatic carbocycles. The van der Waals surface area contributed by atoms with E-state index in [-0.39, 0.29) is 5.97 Å². The fourth-order valence-corrected chi connectivity index (χ4v) is 1.05. The molecule has 0 unspecified atom stereocenters. The van der Waals surface area contributed by atoms with Gasteiger partial charge in [-0.2, -0.15) is 12.6 Å². The highest BCUT2D eigenvalue weighted by molar-refractivity contribution is 7.80. The van der Waals surface area contributed by atoms with Crippen molar-refractivity contribution in [2.24, 2.45) is 0 Å². The first-order valence-corrected chi connectivity index (χ1v) is 4.83. The minimum Gasteiger partial charge on any atom is -0.427 e. The monoisotopic (exact) mass is 196 g/mol. The molecule has 1 aromatic carbocycles. The summed E-state index contributed by atoms with van der Waals surface area (Å²) >= 11 is 4.01. The van der Waals surface area contributed by atoms with Gasteiger partial charge in [-0.25, -0.2) is 0 Å². The van der Waals surface area contributed by atoms with Gasteiger partial charge < -0.3 is 4.74 Å². The average Bonchev–Trinajstić information content (AvgIpc) is 2.16. The molecule has 0 amide bonds. The minimum absolute atomic E-state index is 0.194. The highest BCUT2D eigenvalue weighted by Crippen LogP contribution is 2.09. The molecule has 1 aromatic rings. The van der Waals surface area contributed by atoms with E-state index in [4.69, 9.17) is 4.74 Å². The second-order valence-electron chi connectivity index (χ2n) is 2.61. The largest absolute Gasteiger partial charge is 0.427 e. The molecule has 0 fully saturated rings. The van der Waals surface area contributed by atoms with Gasteiger partial charge in [0.15, 0.2) is 0 Å². The van der Waals surface area contributed by atoms with Crippen LogP contribution in [0.25, 0.3) is 0 Å². The summed E-state index contributed by atoms with van der Waals surface area (Å²) in [7, 11) is 0. The maximum atomic E-state index is 11.1. The fourth-order valence-electron chi connectivity index (χ4n) is 0.894. The summed E-state index contributed by atoms with van der Waals surface area (Å²) < 4.78 is 5.04. The van der Waals surface area contributed by atoms with Crippen molar-refractivity contribution in [3.63, 3.8) is 0 Å². The number of ether oxygens (including phenoxy) is 1. The smallest absolute Gasteiger partial charge is 0.311 e. The molecule has 0 N–H and O–H groups in total. The Bertz CT molecular complexity index is 259. The van der Waals surface area contributed by atoms with E-state index < -0.39 is 0 Å². The number of thiol groups is 1. The number of hydrogen-bond donors (Lipinski definition) is 1. The molecule has 1 rings (SSSR count). The lowest BCUT2D eigenvalue weighted by Gasteiger charge is -2.02. The van der Waals surface area contributed by atoms with E-state index in [0.29, 0.717) is 17.9 Å². The van der Waals surface area contributed by atoms with Gasteiger partial charge in [-0.1, -0.05) is 18.2 Å². The van der Waals surface area contributed by atoms with Crippen LogP contribution in [0, 0.1) is 0 Å². The van der Waals surface area contributed by atoms with Crippen LogP contribution in [-0.2, 0) is 4.79 Å². The van der Waals surface area contributed by atoms with E-state index >= 15 is 0 Å². The number of benzene rings is 1. The van der Waals surface area contributed by atoms with Crippen molar-refractivity contribution in [3.05, 3.63) is 30.3 Å². The predicted octanol–water partition coefficient (Wildman–Crippen LogP) is 2.30. The lowest BCUT2D eigenvalue weighted by molar-refractivity contribution is -0.134. The molecule has 0 saturated heterocycles. The van der Waals surface area contributed by atoms with Crippen LogP contribution >= 0.6 is 12.6 Å². The third kappa shape index (κ3) is 3.99. The summed E-state index contributed by atoms with van der Waals surface area (Å²) in [6.07, 6.45) is 1.19. The molecule has 0 atom stereocenters. The van der Waals surface area contributed by atoms with Crippen LogP contribution in [0.2, 0.25) is 0 Å². The van der Waals surface area contributed by atoms with Gasteiger partial charge in [0, 0.05) is 6.42 Å². The fraction of sp³-hybridized carbons (Fsp3) is 0.300. The van der Waals surface area contributed by atoms with Gasteiger partial charge in [0.25, 0.3) is 0 Å². The van der Waals surface area contributed by atoms with Gasteiger partial charge in [0.1, 0.15) is 5.75 Å². The molecule has 3 heteroatoms. The molecule has 70 valence electrons. The Morgan fingerprint density at radius 3 is 2.62 bits per heavy atom. The van der Waals surface area contributed by atoms with Crippen LogP contribution in [0.1, 0.15) is 12.8 Å². The second-order valence-corrected chi connectivity index (χ2v) is 3.06. The molecule has 0 spiro atoms. The van der Waals surface area contributed by atoms with Gasteiger partial charge >= 0.3 is 5.97 Å². The van der Waals surface area contributed by atoms with E-state index in [1.807, 2.05) is 18.2 Å². The summed E-state index contributed by atoms with van der Waals surface area (Å²) in [6, 6.07) is 9.07. The van der Waals surface area contributed by atoms with Gasteiger partial charge in [-0.15, -0.1) is 0 Å². The zero-order chi connectivity index (χ0) is 9.52. The highest BCUT2D eigenvalue weighted by atomic mass is 32.1. The van der Waals surface area contributed by atoms with Crippen molar-refractivity contribution in [2.75, 3.05) is 5.75 Å². The lowest BCUT2D eigenvalue weighted by Crippen LogP contribution is -2.07. The lowest BCUT2D eigenvalue weighted by atomic mass is 10.3. The Balaban J connectivity index is 2.37. The molecule has 0 aliphatic rings. The van der Waals surface area contributed by atoms with Crippen molar-refractivity contribution in [2.45, 2.75) is 12.8 Å². The molecule has 0 heterocycles. The maximum absolute atomic E-state index is 11.1. The van der Waals surface area contributed by atoms with Crippen molar-refractivity contribution in [3.8, 4) is 5.75 Å². The molecule has 0 saturated carbocycles. The molecule has 0 radical (unpaired) electrons. The number of rotatable bonds is 4. The van der Waals surface area contributed by atoms with Crippen LogP contribution in [0.5, 0.6) is 5.75 Å². The van der Waals surface area contributed by atoms with Crippen LogP contribution in [0.3, 0.4) is 0 Å². The van der Waals surface area contributed by atoms with Gasteiger partial charge in [0.05, 0.1) is 0 Å². The quantitative estimate of drug-likeness (QED) is 0.454. The SMILES string of the molecule is O=C(CCCS)Oc1ccccc1. The molecule has 0 aromatic heterocycles. The molecule has 13 heavy (non-hydrogen) atoms. The Kier molecular flexibility index (Phi) is 4.40. The topological polar surface area (TPSA) is 26.3 Å². The normalized spacial score (nSPS) is 9.62. The number of hydrogen-bond acceptors (Lipinski definition) is 3. The Morgan fingerprint density at radius 1 is 1.31 bits per heavy atom. The van der Waals surface area contributed by atoms with Crippen LogP contribution in [-0.4, -0.2) is 11.7 Å². The average molecular weight is 196 g/mol. The molecule has 2 nitrogen and oxygen atoms in total. The van der Waals surface area contributed by atoms with Crippen LogP contribution in [0.4, 0.5) is 0 Å². The second kappa shape index (κ2) is 5.65. The molecular formula is C10H12O2S. The first kappa shape index (κ1) is 10.1. The molecular weight excluding hydrogens is 184 g/mol. The van der Waals surface area contributed by atoms with Crippen LogP contribution in [0.15, 0.2) is 30.3 Å². The molecule has 0 aliphatic heterocycles. The first-order valence-electron chi connectivity index (χ1n) is 4.19. The van der Waals surface area contributed by atoms with Crippen molar-refractivity contribution in [1.29, 1.82) is 0 Å². The van der Waals surface area contributed by atoms with E-state index in [9.17, 15) is 4.79 Å². The van der Waals surface area contributed by atoms with Gasteiger partial charge in [-0.3, -0.25) is 4.79 Å². The Hall–Kier alpha value is -0.960. The third-order valence-electron chi connectivity index (χ3n) is 1.51. The van der Waals surface area contributed by atoms with E-state index in [2.05, 4.69) is 12.6 Å². The summed E-state index contributed by atoms with van der Waals surface area (Å²) in [5, 5.41) is 0. The predicted molar refractivity (Wildman–Crippen MR) is 55.2 cm³/mol. The zero-order valence-corrected chi connectivity index (χ0v) is 8.17. The Morgan fingerprint density at radius 2 is 2.00 bits per heavy atom. The summed E-state index contributed by atoms with van der Waals surface area (Å²) in [5.41, 5.74) is 0. The number of para-hydroxylation sites is 1. The number of esters is 1. The first-order chi connectivity index (χ1) is 6.33. The third-order valence-corrected chi connectivity index (χ3v) is 1.83. The van der Waals surface area contributed by atoms with Crippen LogP contribution < -0.4 is 4.74 Å².